The number of methoxy groups -OCH3 is 2. The second kappa shape index (κ2) is 35.1. The lowest BCUT2D eigenvalue weighted by Crippen LogP contribution is -2.36. The highest BCUT2D eigenvalue weighted by Gasteiger charge is 2.33. The van der Waals surface area contributed by atoms with E-state index in [2.05, 4.69) is 90.4 Å². The molecule has 10 aromatic rings. The zero-order chi connectivity index (χ0) is 71.4. The molecule has 13 heteroatoms. The van der Waals surface area contributed by atoms with Gasteiger partial charge in [0.2, 0.25) is 5.91 Å². The molecule has 0 saturated carbocycles. The molecule has 0 heterocycles. The summed E-state index contributed by atoms with van der Waals surface area (Å²) >= 11 is 0. The van der Waals surface area contributed by atoms with Crippen LogP contribution in [0, 0.1) is 19.8 Å². The van der Waals surface area contributed by atoms with Crippen molar-refractivity contribution in [1.82, 2.24) is 10.6 Å². The molecule has 3 aliphatic carbocycles. The third kappa shape index (κ3) is 17.9. The molecule has 0 bridgehead atoms. The zero-order valence-electron chi connectivity index (χ0n) is 59.1. The predicted octanol–water partition coefficient (Wildman–Crippen LogP) is 18.7. The number of unbranched alkanes of at least 4 members (excludes halogenated alkanes) is 1. The van der Waals surface area contributed by atoms with E-state index in [4.69, 9.17) is 28.4 Å². The number of ether oxygens (including phenoxy) is 6. The van der Waals surface area contributed by atoms with Crippen LogP contribution in [0.4, 0.5) is 4.79 Å². The van der Waals surface area contributed by atoms with E-state index in [0.29, 0.717) is 42.4 Å². The van der Waals surface area contributed by atoms with Crippen molar-refractivity contribution < 1.29 is 52.4 Å². The van der Waals surface area contributed by atoms with Crippen LogP contribution in [0.2, 0.25) is 0 Å². The number of hydrogen-bond donors (Lipinski definition) is 2. The predicted molar refractivity (Wildman–Crippen MR) is 399 cm³/mol. The Morgan fingerprint density at radius 3 is 1.17 bits per heavy atom. The van der Waals surface area contributed by atoms with Crippen LogP contribution in [0.1, 0.15) is 157 Å². The van der Waals surface area contributed by atoms with Crippen LogP contribution in [0.3, 0.4) is 0 Å². The Bertz CT molecular complexity index is 4180. The number of hydrogen-bond acceptors (Lipinski definition) is 11. The summed E-state index contributed by atoms with van der Waals surface area (Å²) in [7, 11) is 3.15. The van der Waals surface area contributed by atoms with Crippen LogP contribution in [-0.4, -0.2) is 70.4 Å². The largest absolute Gasteiger partial charge is 0.497 e. The van der Waals surface area contributed by atoms with Gasteiger partial charge >= 0.3 is 18.0 Å². The van der Waals surface area contributed by atoms with E-state index >= 15 is 0 Å². The molecule has 0 saturated heterocycles. The van der Waals surface area contributed by atoms with Gasteiger partial charge in [-0.1, -0.05) is 251 Å². The number of nitrogens with one attached hydrogen (secondary N) is 2. The average Bonchev–Trinajstić information content (AvgIpc) is 1.63. The van der Waals surface area contributed by atoms with E-state index in [1.807, 2.05) is 173 Å². The van der Waals surface area contributed by atoms with E-state index < -0.39 is 18.1 Å². The van der Waals surface area contributed by atoms with Crippen molar-refractivity contribution >= 4 is 29.7 Å². The molecule has 2 amide bonds. The Labute approximate surface area is 594 Å². The molecular formula is C88H90N2O11. The normalized spacial score (nSPS) is 12.6. The maximum absolute atomic E-state index is 14.0. The Hall–Kier alpha value is -11.1. The Morgan fingerprint density at radius 2 is 0.792 bits per heavy atom. The topological polar surface area (TPSA) is 165 Å². The Balaban J connectivity index is 0.000000231. The molecule has 13 nitrogen and oxygen atoms in total. The fourth-order valence-electron chi connectivity index (χ4n) is 13.6. The minimum absolute atomic E-state index is 0.0574. The van der Waals surface area contributed by atoms with Crippen LogP contribution in [-0.2, 0) is 33.4 Å². The first-order valence-corrected chi connectivity index (χ1v) is 34.8. The minimum Gasteiger partial charge on any atom is -0.497 e. The van der Waals surface area contributed by atoms with Crippen LogP contribution in [0.15, 0.2) is 237 Å². The maximum Gasteiger partial charge on any atom is 0.407 e. The molecule has 101 heavy (non-hydrogen) atoms. The highest BCUT2D eigenvalue weighted by atomic mass is 16.6. The quantitative estimate of drug-likeness (QED) is 0.0462. The SMILES string of the molecule is CC.CC(=O)OCC1c2ccccc2-c2ccccc21.CC(=O)OCC1c2ccccc2-c2ccccc21.CCCC[C@H](CC(=O)COc1ccc(C(NC(=O)OCC2c3ccccc3-c3ccccc32)c2ccc(OC)cc2OC)cc1)C(=O)NC(c1ccc(C)cc1)c1ccc(C)cc1. The first-order valence-electron chi connectivity index (χ1n) is 34.8. The number of esters is 2. The summed E-state index contributed by atoms with van der Waals surface area (Å²) in [4.78, 5) is 63.2. The van der Waals surface area contributed by atoms with E-state index in [0.717, 1.165) is 62.9 Å². The molecule has 3 aliphatic rings. The lowest BCUT2D eigenvalue weighted by Gasteiger charge is -2.24. The smallest absolute Gasteiger partial charge is 0.407 e. The summed E-state index contributed by atoms with van der Waals surface area (Å²) in [5, 5.41) is 6.35. The van der Waals surface area contributed by atoms with Crippen molar-refractivity contribution in [2.45, 2.75) is 104 Å². The molecule has 0 radical (unpaired) electrons. The summed E-state index contributed by atoms with van der Waals surface area (Å²) < 4.78 is 33.6. The van der Waals surface area contributed by atoms with E-state index in [1.54, 1.807) is 32.4 Å². The van der Waals surface area contributed by atoms with Crippen LogP contribution in [0.25, 0.3) is 33.4 Å². The number of benzene rings is 10. The fraction of sp³-hybridized carbons (Fsp3) is 0.261. The average molecular weight is 1350 g/mol. The first kappa shape index (κ1) is 72.7. The van der Waals surface area contributed by atoms with Crippen molar-refractivity contribution in [3.05, 3.63) is 303 Å². The van der Waals surface area contributed by atoms with Gasteiger partial charge in [-0.05, 0) is 128 Å². The fourth-order valence-corrected chi connectivity index (χ4v) is 13.6. The van der Waals surface area contributed by atoms with Crippen molar-refractivity contribution in [3.63, 3.8) is 0 Å². The number of Topliss-reactive ketones (excluding diaryl/α,β-unsaturated/α-hetero) is 1. The summed E-state index contributed by atoms with van der Waals surface area (Å²) in [5.41, 5.74) is 20.2. The molecule has 13 rings (SSSR count). The number of carbonyl (C=O) groups is 5. The number of carbonyl (C=O) groups excluding carboxylic acids is 5. The van der Waals surface area contributed by atoms with Gasteiger partial charge in [-0.2, -0.15) is 0 Å². The molecule has 0 spiro atoms. The lowest BCUT2D eigenvalue weighted by atomic mass is 9.92. The second-order valence-corrected chi connectivity index (χ2v) is 25.3. The van der Waals surface area contributed by atoms with Crippen molar-refractivity contribution in [3.8, 4) is 50.6 Å². The van der Waals surface area contributed by atoms with Crippen LogP contribution < -0.4 is 24.8 Å². The van der Waals surface area contributed by atoms with Gasteiger partial charge in [0, 0.05) is 55.6 Å². The van der Waals surface area contributed by atoms with Gasteiger partial charge in [0.25, 0.3) is 0 Å². The van der Waals surface area contributed by atoms with Gasteiger partial charge in [0.15, 0.2) is 5.78 Å². The van der Waals surface area contributed by atoms with Crippen LogP contribution in [0.5, 0.6) is 17.2 Å². The van der Waals surface area contributed by atoms with E-state index in [9.17, 15) is 24.0 Å². The molecule has 1 unspecified atom stereocenters. The number of fused-ring (bicyclic) bond motifs is 9. The molecule has 0 aliphatic heterocycles. The summed E-state index contributed by atoms with van der Waals surface area (Å²) in [6.45, 7) is 13.9. The molecule has 2 N–H and O–H groups in total. The number of alkyl carbamates (subject to hydrolysis) is 1. The standard InChI is InChI=1S/C54H56N2O7.2C16H14O2.C2H6/c1-6-7-12-40(53(58)55-51(37-21-17-35(2)18-22-37)38-23-19-36(3)20-24-38)31-41(57)33-62-42-27-25-39(26-28-42)52(48-30-29-43(60-4)32-50(48)61-5)56-54(59)63-34-49-46-15-10-8-13-44(46)45-14-9-11-16-47(45)49;2*1-11(17)18-10-16-14-8-4-2-6-12(14)13-7-3-5-9-15(13)16;1-2/h8-11,13-30,32,40,49,51-52H,6-7,12,31,33-34H2,1-5H3,(H,55,58)(H,56,59);2*2-9,16H,10H2,1H3;1-2H3/t40-,52?;;;/m1.../s1. The van der Waals surface area contributed by atoms with Gasteiger partial charge in [-0.3, -0.25) is 19.2 Å². The van der Waals surface area contributed by atoms with Gasteiger partial charge in [0.05, 0.1) is 26.3 Å². The van der Waals surface area contributed by atoms with Gasteiger partial charge in [0.1, 0.15) is 43.7 Å². The number of amides is 2. The first-order chi connectivity index (χ1) is 49.2. The number of aryl methyl sites for hydroxylation is 2. The van der Waals surface area contributed by atoms with Crippen molar-refractivity contribution in [2.24, 2.45) is 5.92 Å². The monoisotopic (exact) mass is 1350 g/mol. The molecule has 518 valence electrons. The second-order valence-electron chi connectivity index (χ2n) is 25.3. The lowest BCUT2D eigenvalue weighted by molar-refractivity contribution is -0.142. The van der Waals surface area contributed by atoms with Gasteiger partial charge in [-0.15, -0.1) is 0 Å². The molecular weight excluding hydrogens is 1260 g/mol. The maximum atomic E-state index is 14.0. The Kier molecular flexibility index (Phi) is 25.3. The zero-order valence-corrected chi connectivity index (χ0v) is 59.1. The van der Waals surface area contributed by atoms with Gasteiger partial charge in [-0.25, -0.2) is 4.79 Å². The summed E-state index contributed by atoms with van der Waals surface area (Å²) in [5.74, 6) is 0.559. The third-order valence-corrected chi connectivity index (χ3v) is 18.7. The van der Waals surface area contributed by atoms with Crippen molar-refractivity contribution in [1.29, 1.82) is 0 Å². The van der Waals surface area contributed by atoms with E-state index in [-0.39, 0.29) is 67.1 Å². The molecule has 0 fully saturated rings. The highest BCUT2D eigenvalue weighted by Crippen LogP contribution is 2.47. The highest BCUT2D eigenvalue weighted by molar-refractivity contribution is 5.88. The number of rotatable bonds is 23. The summed E-state index contributed by atoms with van der Waals surface area (Å²) in [6, 6.07) is 77.7. The Morgan fingerprint density at radius 1 is 0.426 bits per heavy atom. The van der Waals surface area contributed by atoms with Crippen LogP contribution >= 0.6 is 0 Å². The molecule has 2 atom stereocenters. The molecule has 0 aromatic heterocycles. The van der Waals surface area contributed by atoms with E-state index in [1.165, 1.54) is 58.4 Å². The number of ketones is 1. The molecule has 10 aromatic carbocycles. The van der Waals surface area contributed by atoms with Crippen molar-refractivity contribution in [2.75, 3.05) is 40.6 Å². The third-order valence-electron chi connectivity index (χ3n) is 18.7. The summed E-state index contributed by atoms with van der Waals surface area (Å²) in [6.07, 6.45) is 1.78. The van der Waals surface area contributed by atoms with Gasteiger partial charge < -0.3 is 39.1 Å². The minimum atomic E-state index is -0.668.